The zero-order valence-electron chi connectivity index (χ0n) is 15.2. The number of carbonyl (C=O) groups excluding carboxylic acids is 2. The lowest BCUT2D eigenvalue weighted by atomic mass is 10.2. The third kappa shape index (κ3) is 5.72. The van der Waals surface area contributed by atoms with Crippen LogP contribution in [0.1, 0.15) is 18.1 Å². The van der Waals surface area contributed by atoms with Crippen molar-refractivity contribution in [3.05, 3.63) is 52.5 Å². The highest BCUT2D eigenvalue weighted by atomic mass is 35.5. The minimum atomic E-state index is -0.901. The van der Waals surface area contributed by atoms with Crippen LogP contribution in [-0.4, -0.2) is 31.7 Å². The van der Waals surface area contributed by atoms with Crippen LogP contribution < -0.4 is 20.2 Å². The van der Waals surface area contributed by atoms with Gasteiger partial charge < -0.3 is 14.8 Å². The molecule has 0 bridgehead atoms. The fourth-order valence-electron chi connectivity index (χ4n) is 2.12. The molecule has 142 valence electrons. The summed E-state index contributed by atoms with van der Waals surface area (Å²) in [6.45, 7) is 4.18. The second-order valence-corrected chi connectivity index (χ2v) is 5.87. The van der Waals surface area contributed by atoms with Gasteiger partial charge in [0, 0.05) is 10.7 Å². The molecule has 0 aliphatic heterocycles. The first-order chi connectivity index (χ1) is 12.9. The zero-order chi connectivity index (χ0) is 19.8. The fourth-order valence-corrected chi connectivity index (χ4v) is 2.30. The second-order valence-electron chi connectivity index (χ2n) is 5.46. The molecular weight excluding hydrogens is 370 g/mol. The Bertz CT molecular complexity index is 868. The third-order valence-electron chi connectivity index (χ3n) is 3.50. The summed E-state index contributed by atoms with van der Waals surface area (Å²) < 4.78 is 10.7. The van der Waals surface area contributed by atoms with Gasteiger partial charge in [0.05, 0.1) is 19.9 Å². The maximum Gasteiger partial charge on any atom is 0.329 e. The van der Waals surface area contributed by atoms with E-state index in [1.54, 1.807) is 43.5 Å². The van der Waals surface area contributed by atoms with E-state index in [1.165, 1.54) is 6.21 Å². The van der Waals surface area contributed by atoms with Crippen molar-refractivity contribution in [2.24, 2.45) is 5.10 Å². The molecule has 2 aromatic carbocycles. The molecule has 27 heavy (non-hydrogen) atoms. The van der Waals surface area contributed by atoms with Gasteiger partial charge in [-0.25, -0.2) is 5.43 Å². The fraction of sp³-hybridized carbons (Fsp3) is 0.211. The quantitative estimate of drug-likeness (QED) is 0.451. The lowest BCUT2D eigenvalue weighted by Crippen LogP contribution is -2.32. The van der Waals surface area contributed by atoms with Crippen LogP contribution in [0.3, 0.4) is 0 Å². The molecule has 0 spiro atoms. The number of ether oxygens (including phenoxy) is 2. The van der Waals surface area contributed by atoms with Crippen molar-refractivity contribution >= 4 is 35.3 Å². The van der Waals surface area contributed by atoms with Crippen molar-refractivity contribution in [3.63, 3.8) is 0 Å². The van der Waals surface area contributed by atoms with Crippen LogP contribution >= 0.6 is 11.6 Å². The number of carbonyl (C=O) groups is 2. The molecule has 0 aromatic heterocycles. The number of hydrogen-bond donors (Lipinski definition) is 2. The summed E-state index contributed by atoms with van der Waals surface area (Å²) in [5.41, 5.74) is 4.13. The Balaban J connectivity index is 1.96. The van der Waals surface area contributed by atoms with Crippen LogP contribution in [0.5, 0.6) is 11.5 Å². The summed E-state index contributed by atoms with van der Waals surface area (Å²) in [6, 6.07) is 10.1. The van der Waals surface area contributed by atoms with E-state index in [1.807, 2.05) is 13.8 Å². The van der Waals surface area contributed by atoms with Gasteiger partial charge in [-0.1, -0.05) is 17.7 Å². The predicted octanol–water partition coefficient (Wildman–Crippen LogP) is 3.14. The number of anilines is 1. The molecule has 0 saturated carbocycles. The molecule has 7 nitrogen and oxygen atoms in total. The summed E-state index contributed by atoms with van der Waals surface area (Å²) in [7, 11) is 1.55. The van der Waals surface area contributed by atoms with E-state index in [0.717, 1.165) is 5.56 Å². The molecule has 0 radical (unpaired) electrons. The van der Waals surface area contributed by atoms with Crippen molar-refractivity contribution in [3.8, 4) is 11.5 Å². The Morgan fingerprint density at radius 3 is 2.59 bits per heavy atom. The van der Waals surface area contributed by atoms with Crippen LogP contribution in [0.2, 0.25) is 5.02 Å². The number of benzene rings is 2. The Morgan fingerprint density at radius 1 is 1.15 bits per heavy atom. The third-order valence-corrected chi connectivity index (χ3v) is 3.91. The number of halogens is 1. The van der Waals surface area contributed by atoms with Gasteiger partial charge in [0.2, 0.25) is 0 Å². The molecule has 0 fully saturated rings. The summed E-state index contributed by atoms with van der Waals surface area (Å²) in [6.07, 6.45) is 1.40. The Labute approximate surface area is 162 Å². The molecular formula is C19H20ClN3O4. The maximum atomic E-state index is 11.9. The molecule has 2 aromatic rings. The Kier molecular flexibility index (Phi) is 7.19. The van der Waals surface area contributed by atoms with Crippen molar-refractivity contribution in [1.82, 2.24) is 5.43 Å². The number of aryl methyl sites for hydroxylation is 1. The number of nitrogens with zero attached hydrogens (tertiary/aromatic N) is 1. The van der Waals surface area contributed by atoms with E-state index in [0.29, 0.717) is 34.4 Å². The van der Waals surface area contributed by atoms with Gasteiger partial charge >= 0.3 is 11.8 Å². The first kappa shape index (κ1) is 20.3. The minimum absolute atomic E-state index is 0.422. The van der Waals surface area contributed by atoms with Gasteiger partial charge in [0.15, 0.2) is 11.5 Å². The monoisotopic (exact) mass is 389 g/mol. The largest absolute Gasteiger partial charge is 0.493 e. The van der Waals surface area contributed by atoms with Crippen molar-refractivity contribution in [2.75, 3.05) is 19.0 Å². The highest BCUT2D eigenvalue weighted by Gasteiger charge is 2.13. The second kappa shape index (κ2) is 9.59. The van der Waals surface area contributed by atoms with E-state index in [-0.39, 0.29) is 0 Å². The minimum Gasteiger partial charge on any atom is -0.493 e. The lowest BCUT2D eigenvalue weighted by Gasteiger charge is -2.09. The van der Waals surface area contributed by atoms with Gasteiger partial charge in [-0.05, 0) is 55.3 Å². The maximum absolute atomic E-state index is 11.9. The number of hydrogen-bond acceptors (Lipinski definition) is 5. The highest BCUT2D eigenvalue weighted by molar-refractivity contribution is 6.39. The number of hydrazone groups is 1. The number of amides is 2. The average Bonchev–Trinajstić information content (AvgIpc) is 2.65. The van der Waals surface area contributed by atoms with E-state index >= 15 is 0 Å². The van der Waals surface area contributed by atoms with Crippen molar-refractivity contribution in [2.45, 2.75) is 13.8 Å². The van der Waals surface area contributed by atoms with Crippen molar-refractivity contribution < 1.29 is 19.1 Å². The zero-order valence-corrected chi connectivity index (χ0v) is 16.0. The average molecular weight is 390 g/mol. The standard InChI is InChI=1S/C19H20ClN3O4/c1-4-27-17-9-13(6-8-16(17)26-3)11-21-23-19(25)18(24)22-14-7-5-12(2)15(20)10-14/h5-11H,4H2,1-3H3,(H,22,24)(H,23,25)/b21-11-. The van der Waals surface area contributed by atoms with E-state index in [2.05, 4.69) is 15.8 Å². The van der Waals surface area contributed by atoms with Gasteiger partial charge in [-0.2, -0.15) is 5.10 Å². The van der Waals surface area contributed by atoms with E-state index in [4.69, 9.17) is 21.1 Å². The lowest BCUT2D eigenvalue weighted by molar-refractivity contribution is -0.136. The molecule has 0 unspecified atom stereocenters. The molecule has 0 atom stereocenters. The van der Waals surface area contributed by atoms with Crippen LogP contribution in [0.4, 0.5) is 5.69 Å². The number of methoxy groups -OCH3 is 1. The molecule has 0 aliphatic carbocycles. The molecule has 0 aliphatic rings. The van der Waals surface area contributed by atoms with Gasteiger partial charge in [-0.15, -0.1) is 0 Å². The predicted molar refractivity (Wildman–Crippen MR) is 105 cm³/mol. The number of rotatable bonds is 6. The summed E-state index contributed by atoms with van der Waals surface area (Å²) >= 11 is 5.99. The van der Waals surface area contributed by atoms with Crippen LogP contribution in [-0.2, 0) is 9.59 Å². The number of nitrogens with one attached hydrogen (secondary N) is 2. The van der Waals surface area contributed by atoms with Gasteiger partial charge in [0.1, 0.15) is 0 Å². The van der Waals surface area contributed by atoms with Gasteiger partial charge in [0.25, 0.3) is 0 Å². The van der Waals surface area contributed by atoms with E-state index in [9.17, 15) is 9.59 Å². The highest BCUT2D eigenvalue weighted by Crippen LogP contribution is 2.27. The Hall–Kier alpha value is -3.06. The topological polar surface area (TPSA) is 89.0 Å². The molecule has 0 saturated heterocycles. The molecule has 2 N–H and O–H groups in total. The van der Waals surface area contributed by atoms with Gasteiger partial charge in [-0.3, -0.25) is 9.59 Å². The first-order valence-electron chi connectivity index (χ1n) is 8.16. The summed E-state index contributed by atoms with van der Waals surface area (Å²) in [5.74, 6) is -0.600. The van der Waals surface area contributed by atoms with Crippen LogP contribution in [0.25, 0.3) is 0 Å². The van der Waals surface area contributed by atoms with Crippen LogP contribution in [0, 0.1) is 6.92 Å². The smallest absolute Gasteiger partial charge is 0.329 e. The van der Waals surface area contributed by atoms with E-state index < -0.39 is 11.8 Å². The molecule has 2 amide bonds. The normalized spacial score (nSPS) is 10.5. The summed E-state index contributed by atoms with van der Waals surface area (Å²) in [4.78, 5) is 23.7. The molecule has 2 rings (SSSR count). The summed E-state index contributed by atoms with van der Waals surface area (Å²) in [5, 5.41) is 6.73. The molecule has 8 heteroatoms. The van der Waals surface area contributed by atoms with Crippen LogP contribution in [0.15, 0.2) is 41.5 Å². The first-order valence-corrected chi connectivity index (χ1v) is 8.53. The molecule has 0 heterocycles. The Morgan fingerprint density at radius 2 is 1.93 bits per heavy atom. The van der Waals surface area contributed by atoms with Crippen molar-refractivity contribution in [1.29, 1.82) is 0 Å². The SMILES string of the molecule is CCOc1cc(/C=N\NC(=O)C(=O)Nc2ccc(C)c(Cl)c2)ccc1OC.